The average molecular weight is 356 g/mol. The molecule has 1 rings (SSSR count). The third-order valence-electron chi connectivity index (χ3n) is 2.08. The summed E-state index contributed by atoms with van der Waals surface area (Å²) in [7, 11) is 2.08. The van der Waals surface area contributed by atoms with Crippen molar-refractivity contribution in [2.24, 2.45) is 0 Å². The lowest BCUT2D eigenvalue weighted by atomic mass is 10.4. The predicted molar refractivity (Wildman–Crippen MR) is 68.3 cm³/mol. The molecule has 0 aromatic heterocycles. The lowest BCUT2D eigenvalue weighted by molar-refractivity contribution is 0.140. The Hall–Kier alpha value is 0.277. The van der Waals surface area contributed by atoms with Crippen molar-refractivity contribution in [1.82, 2.24) is 0 Å². The van der Waals surface area contributed by atoms with Gasteiger partial charge in [0.05, 0.1) is 0 Å². The number of benzene rings is 1. The summed E-state index contributed by atoms with van der Waals surface area (Å²) in [5.74, 6) is 0. The second-order valence-electron chi connectivity index (χ2n) is 2.80. The molecule has 0 unspecified atom stereocenters. The second-order valence-corrected chi connectivity index (χ2v) is 7.42. The Morgan fingerprint density at radius 3 is 1.87 bits per heavy atom. The van der Waals surface area contributed by atoms with Crippen LogP contribution in [0.1, 0.15) is 0 Å². The molecule has 84 valence electrons. The standard InChI is InChI=1S/C9H12Br2O3Si/c1-12-15(13-2,14-3)7-4-5-8(10)9(11)6-7/h4-6H,1-3H3. The van der Waals surface area contributed by atoms with E-state index in [0.29, 0.717) is 0 Å². The van der Waals surface area contributed by atoms with Gasteiger partial charge < -0.3 is 13.3 Å². The van der Waals surface area contributed by atoms with Crippen molar-refractivity contribution in [1.29, 1.82) is 0 Å². The van der Waals surface area contributed by atoms with Gasteiger partial charge in [-0.1, -0.05) is 6.07 Å². The lowest BCUT2D eigenvalue weighted by Crippen LogP contribution is -2.54. The maximum Gasteiger partial charge on any atom is 0.536 e. The van der Waals surface area contributed by atoms with E-state index in [1.54, 1.807) is 21.3 Å². The highest BCUT2D eigenvalue weighted by Crippen LogP contribution is 2.22. The van der Waals surface area contributed by atoms with Crippen LogP contribution >= 0.6 is 31.9 Å². The second kappa shape index (κ2) is 5.56. The van der Waals surface area contributed by atoms with Crippen molar-refractivity contribution in [2.75, 3.05) is 21.3 Å². The van der Waals surface area contributed by atoms with Gasteiger partial charge in [-0.05, 0) is 44.0 Å². The highest BCUT2D eigenvalue weighted by molar-refractivity contribution is 9.13. The normalized spacial score (nSPS) is 11.8. The van der Waals surface area contributed by atoms with Gasteiger partial charge in [-0.15, -0.1) is 0 Å². The van der Waals surface area contributed by atoms with Crippen molar-refractivity contribution in [2.45, 2.75) is 0 Å². The monoisotopic (exact) mass is 354 g/mol. The minimum absolute atomic E-state index is 0.921. The summed E-state index contributed by atoms with van der Waals surface area (Å²) in [5.41, 5.74) is 0. The van der Waals surface area contributed by atoms with E-state index in [2.05, 4.69) is 31.9 Å². The zero-order chi connectivity index (χ0) is 11.5. The first kappa shape index (κ1) is 13.3. The van der Waals surface area contributed by atoms with Crippen LogP contribution in [0, 0.1) is 0 Å². The van der Waals surface area contributed by atoms with Crippen molar-refractivity contribution in [3.8, 4) is 0 Å². The van der Waals surface area contributed by atoms with E-state index in [4.69, 9.17) is 13.3 Å². The Kier molecular flexibility index (Phi) is 4.94. The quantitative estimate of drug-likeness (QED) is 0.775. The Labute approximate surface area is 107 Å². The van der Waals surface area contributed by atoms with Crippen molar-refractivity contribution in [3.63, 3.8) is 0 Å². The molecule has 0 radical (unpaired) electrons. The molecule has 6 heteroatoms. The molecule has 3 nitrogen and oxygen atoms in total. The molecule has 0 heterocycles. The third-order valence-corrected chi connectivity index (χ3v) is 6.59. The molecule has 1 aromatic carbocycles. The van der Waals surface area contributed by atoms with Crippen LogP contribution in [0.4, 0.5) is 0 Å². The number of rotatable bonds is 4. The summed E-state index contributed by atoms with van der Waals surface area (Å²) in [5, 5.41) is 0.921. The van der Waals surface area contributed by atoms with Crippen LogP contribution in [0.3, 0.4) is 0 Å². The van der Waals surface area contributed by atoms with E-state index in [9.17, 15) is 0 Å². The summed E-state index contributed by atoms with van der Waals surface area (Å²) in [6.45, 7) is 0. The van der Waals surface area contributed by atoms with Gasteiger partial charge in [0.25, 0.3) is 0 Å². The molecule has 0 aliphatic heterocycles. The van der Waals surface area contributed by atoms with E-state index >= 15 is 0 Å². The van der Waals surface area contributed by atoms with Crippen LogP contribution < -0.4 is 5.19 Å². The van der Waals surface area contributed by atoms with E-state index in [0.717, 1.165) is 14.1 Å². The minimum atomic E-state index is -2.70. The zero-order valence-corrected chi connectivity index (χ0v) is 12.9. The topological polar surface area (TPSA) is 27.7 Å². The molecular weight excluding hydrogens is 344 g/mol. The number of halogens is 2. The fraction of sp³-hybridized carbons (Fsp3) is 0.333. The SMILES string of the molecule is CO[Si](OC)(OC)c1ccc(Br)c(Br)c1. The molecule has 0 atom stereocenters. The Bertz CT molecular complexity index is 334. The molecular formula is C9H12Br2O3Si. The van der Waals surface area contributed by atoms with Gasteiger partial charge in [0.15, 0.2) is 0 Å². The first-order valence-electron chi connectivity index (χ1n) is 4.20. The summed E-state index contributed by atoms with van der Waals surface area (Å²) in [4.78, 5) is 0. The molecule has 0 N–H and O–H groups in total. The predicted octanol–water partition coefficient (Wildman–Crippen LogP) is 2.30. The van der Waals surface area contributed by atoms with Crippen molar-refractivity contribution < 1.29 is 13.3 Å². The largest absolute Gasteiger partial charge is 0.536 e. The van der Waals surface area contributed by atoms with Gasteiger partial charge in [-0.25, -0.2) is 0 Å². The van der Waals surface area contributed by atoms with E-state index in [1.807, 2.05) is 18.2 Å². The number of hydrogen-bond donors (Lipinski definition) is 0. The van der Waals surface area contributed by atoms with E-state index in [-0.39, 0.29) is 0 Å². The molecule has 0 saturated heterocycles. The van der Waals surface area contributed by atoms with Gasteiger partial charge >= 0.3 is 8.80 Å². The Morgan fingerprint density at radius 1 is 0.933 bits per heavy atom. The van der Waals surface area contributed by atoms with Gasteiger partial charge in [0.1, 0.15) is 0 Å². The molecule has 1 aromatic rings. The fourth-order valence-corrected chi connectivity index (χ4v) is 3.94. The smallest absolute Gasteiger partial charge is 0.373 e. The van der Waals surface area contributed by atoms with Gasteiger partial charge in [0, 0.05) is 35.5 Å². The number of hydrogen-bond acceptors (Lipinski definition) is 3. The Morgan fingerprint density at radius 2 is 1.47 bits per heavy atom. The molecule has 0 aliphatic rings. The first-order valence-corrected chi connectivity index (χ1v) is 7.51. The minimum Gasteiger partial charge on any atom is -0.373 e. The molecule has 0 spiro atoms. The van der Waals surface area contributed by atoms with E-state index in [1.165, 1.54) is 0 Å². The van der Waals surface area contributed by atoms with Gasteiger partial charge in [-0.2, -0.15) is 0 Å². The zero-order valence-electron chi connectivity index (χ0n) is 8.71. The maximum absolute atomic E-state index is 5.38. The molecule has 0 saturated carbocycles. The van der Waals surface area contributed by atoms with Crippen molar-refractivity contribution >= 4 is 45.9 Å². The van der Waals surface area contributed by atoms with Gasteiger partial charge in [-0.3, -0.25) is 0 Å². The summed E-state index contributed by atoms with van der Waals surface area (Å²) < 4.78 is 18.1. The summed E-state index contributed by atoms with van der Waals surface area (Å²) in [6, 6.07) is 5.79. The third kappa shape index (κ3) is 2.69. The summed E-state index contributed by atoms with van der Waals surface area (Å²) >= 11 is 6.84. The van der Waals surface area contributed by atoms with Crippen LogP contribution in [0.5, 0.6) is 0 Å². The molecule has 0 bridgehead atoms. The van der Waals surface area contributed by atoms with Crippen LogP contribution in [0.25, 0.3) is 0 Å². The average Bonchev–Trinajstić information content (AvgIpc) is 2.26. The molecule has 0 fully saturated rings. The molecule has 0 amide bonds. The van der Waals surface area contributed by atoms with Crippen LogP contribution in [-0.2, 0) is 13.3 Å². The van der Waals surface area contributed by atoms with E-state index < -0.39 is 8.80 Å². The van der Waals surface area contributed by atoms with Crippen LogP contribution in [-0.4, -0.2) is 30.1 Å². The highest BCUT2D eigenvalue weighted by Gasteiger charge is 2.40. The maximum atomic E-state index is 5.38. The fourth-order valence-electron chi connectivity index (χ4n) is 1.29. The lowest BCUT2D eigenvalue weighted by Gasteiger charge is -2.24. The Balaban J connectivity index is 3.17. The van der Waals surface area contributed by atoms with Crippen LogP contribution in [0.2, 0.25) is 0 Å². The van der Waals surface area contributed by atoms with Crippen molar-refractivity contribution in [3.05, 3.63) is 27.1 Å². The molecule has 0 aliphatic carbocycles. The first-order chi connectivity index (χ1) is 7.09. The highest BCUT2D eigenvalue weighted by atomic mass is 79.9. The summed E-state index contributed by atoms with van der Waals surface area (Å²) in [6.07, 6.45) is 0. The molecule has 15 heavy (non-hydrogen) atoms. The van der Waals surface area contributed by atoms with Crippen LogP contribution in [0.15, 0.2) is 27.1 Å². The van der Waals surface area contributed by atoms with Gasteiger partial charge in [0.2, 0.25) is 0 Å².